The summed E-state index contributed by atoms with van der Waals surface area (Å²) >= 11 is 3.26. The zero-order chi connectivity index (χ0) is 10.6. The third-order valence-electron chi connectivity index (χ3n) is 1.91. The first-order valence-corrected chi connectivity index (χ1v) is 5.21. The van der Waals surface area contributed by atoms with Crippen molar-refractivity contribution in [2.45, 2.75) is 19.4 Å². The van der Waals surface area contributed by atoms with Gasteiger partial charge in [-0.25, -0.2) is 8.78 Å². The lowest BCUT2D eigenvalue weighted by molar-refractivity contribution is 0.0993. The van der Waals surface area contributed by atoms with Crippen LogP contribution in [0.1, 0.15) is 18.5 Å². The minimum atomic E-state index is -2.38. The van der Waals surface area contributed by atoms with Crippen LogP contribution >= 0.6 is 15.9 Å². The van der Waals surface area contributed by atoms with Crippen LogP contribution in [0.5, 0.6) is 0 Å². The van der Waals surface area contributed by atoms with Crippen molar-refractivity contribution in [3.8, 4) is 0 Å². The van der Waals surface area contributed by atoms with E-state index in [-0.39, 0.29) is 0 Å². The Balaban J connectivity index is 2.82. The van der Waals surface area contributed by atoms with E-state index in [4.69, 9.17) is 0 Å². The number of hydrogen-bond acceptors (Lipinski definition) is 1. The van der Waals surface area contributed by atoms with Crippen LogP contribution in [0.25, 0.3) is 0 Å². The third-order valence-corrected chi connectivity index (χ3v) is 2.43. The van der Waals surface area contributed by atoms with E-state index >= 15 is 0 Å². The van der Waals surface area contributed by atoms with Gasteiger partial charge in [-0.05, 0) is 24.2 Å². The molecule has 1 nitrogen and oxygen atoms in total. The van der Waals surface area contributed by atoms with Crippen molar-refractivity contribution >= 4 is 15.9 Å². The molecule has 0 bridgehead atoms. The highest BCUT2D eigenvalue weighted by Gasteiger charge is 2.20. The molecule has 1 aromatic carbocycles. The first-order valence-electron chi connectivity index (χ1n) is 4.42. The second kappa shape index (κ2) is 5.41. The molecule has 1 aromatic rings. The number of halogens is 3. The minimum Gasteiger partial charge on any atom is -0.306 e. The Labute approximate surface area is 90.6 Å². The normalized spacial score (nSPS) is 13.2. The van der Waals surface area contributed by atoms with E-state index in [1.807, 2.05) is 6.92 Å². The van der Waals surface area contributed by atoms with E-state index in [9.17, 15) is 8.78 Å². The van der Waals surface area contributed by atoms with Crippen molar-refractivity contribution in [2.24, 2.45) is 0 Å². The summed E-state index contributed by atoms with van der Waals surface area (Å²) in [5.74, 6) is 0. The second-order valence-corrected chi connectivity index (χ2v) is 3.84. The van der Waals surface area contributed by atoms with Crippen LogP contribution in [0.2, 0.25) is 0 Å². The van der Waals surface area contributed by atoms with Gasteiger partial charge in [-0.1, -0.05) is 35.0 Å². The van der Waals surface area contributed by atoms with Gasteiger partial charge in [-0.2, -0.15) is 0 Å². The van der Waals surface area contributed by atoms with E-state index in [1.165, 1.54) is 0 Å². The number of hydrogen-bond donors (Lipinski definition) is 1. The quantitative estimate of drug-likeness (QED) is 0.879. The van der Waals surface area contributed by atoms with Gasteiger partial charge >= 0.3 is 0 Å². The molecule has 1 rings (SSSR count). The molecule has 0 spiro atoms. The molecule has 0 fully saturated rings. The summed E-state index contributed by atoms with van der Waals surface area (Å²) in [6.07, 6.45) is -2.38. The smallest absolute Gasteiger partial charge is 0.257 e. The molecule has 1 unspecified atom stereocenters. The van der Waals surface area contributed by atoms with Crippen LogP contribution in [0.4, 0.5) is 8.78 Å². The summed E-state index contributed by atoms with van der Waals surface area (Å²) in [6, 6.07) is 6.06. The molecule has 0 radical (unpaired) electrons. The van der Waals surface area contributed by atoms with Crippen molar-refractivity contribution in [3.63, 3.8) is 0 Å². The predicted molar refractivity (Wildman–Crippen MR) is 56.6 cm³/mol. The highest BCUT2D eigenvalue weighted by molar-refractivity contribution is 9.10. The Morgan fingerprint density at radius 2 is 1.86 bits per heavy atom. The fourth-order valence-corrected chi connectivity index (χ4v) is 1.51. The lowest BCUT2D eigenvalue weighted by atomic mass is 10.1. The molecule has 0 aliphatic heterocycles. The number of rotatable bonds is 4. The largest absolute Gasteiger partial charge is 0.306 e. The molecule has 14 heavy (non-hydrogen) atoms. The van der Waals surface area contributed by atoms with Crippen LogP contribution in [-0.4, -0.2) is 13.0 Å². The maximum absolute atomic E-state index is 12.6. The van der Waals surface area contributed by atoms with Gasteiger partial charge in [-0.15, -0.1) is 0 Å². The van der Waals surface area contributed by atoms with Crippen molar-refractivity contribution in [3.05, 3.63) is 34.3 Å². The van der Waals surface area contributed by atoms with Gasteiger partial charge in [0, 0.05) is 4.47 Å². The molecule has 0 aliphatic rings. The molecule has 0 amide bonds. The van der Waals surface area contributed by atoms with Gasteiger partial charge in [0.15, 0.2) is 0 Å². The van der Waals surface area contributed by atoms with E-state index in [0.717, 1.165) is 4.47 Å². The van der Waals surface area contributed by atoms with E-state index in [1.54, 1.807) is 24.3 Å². The molecule has 4 heteroatoms. The molecule has 0 saturated carbocycles. The topological polar surface area (TPSA) is 12.0 Å². The number of nitrogens with one attached hydrogen (secondary N) is 1. The Hall–Kier alpha value is -0.480. The maximum atomic E-state index is 12.6. The van der Waals surface area contributed by atoms with E-state index in [0.29, 0.717) is 12.1 Å². The SMILES string of the molecule is CCNC(c1ccc(Br)cc1)C(F)F. The zero-order valence-electron chi connectivity index (χ0n) is 7.81. The Morgan fingerprint density at radius 3 is 2.29 bits per heavy atom. The summed E-state index contributed by atoms with van der Waals surface area (Å²) < 4.78 is 26.1. The zero-order valence-corrected chi connectivity index (χ0v) is 9.39. The van der Waals surface area contributed by atoms with Crippen LogP contribution in [0.3, 0.4) is 0 Å². The number of benzene rings is 1. The Kier molecular flexibility index (Phi) is 4.48. The highest BCUT2D eigenvalue weighted by atomic mass is 79.9. The van der Waals surface area contributed by atoms with E-state index < -0.39 is 12.5 Å². The first-order chi connectivity index (χ1) is 6.65. The summed E-state index contributed by atoms with van der Waals surface area (Å²) in [4.78, 5) is 0. The molecule has 0 saturated heterocycles. The summed E-state index contributed by atoms with van der Waals surface area (Å²) in [5.41, 5.74) is 0.616. The standard InChI is InChI=1S/C10H12BrF2N/c1-2-14-9(10(12)13)7-3-5-8(11)6-4-7/h3-6,9-10,14H,2H2,1H3. The van der Waals surface area contributed by atoms with Gasteiger partial charge in [0.25, 0.3) is 6.43 Å². The molecular formula is C10H12BrF2N. The molecule has 78 valence electrons. The number of alkyl halides is 2. The predicted octanol–water partition coefficient (Wildman–Crippen LogP) is 3.36. The van der Waals surface area contributed by atoms with Gasteiger partial charge in [0.05, 0.1) is 6.04 Å². The monoisotopic (exact) mass is 263 g/mol. The van der Waals surface area contributed by atoms with Crippen molar-refractivity contribution in [1.29, 1.82) is 0 Å². The molecule has 0 aromatic heterocycles. The Bertz CT molecular complexity index is 274. The highest BCUT2D eigenvalue weighted by Crippen LogP contribution is 2.22. The van der Waals surface area contributed by atoms with Crippen LogP contribution in [-0.2, 0) is 0 Å². The van der Waals surface area contributed by atoms with Crippen LogP contribution in [0.15, 0.2) is 28.7 Å². The molecule has 0 aliphatic carbocycles. The second-order valence-electron chi connectivity index (χ2n) is 2.92. The van der Waals surface area contributed by atoms with Gasteiger partial charge in [0.2, 0.25) is 0 Å². The first kappa shape index (κ1) is 11.6. The van der Waals surface area contributed by atoms with Gasteiger partial charge in [-0.3, -0.25) is 0 Å². The van der Waals surface area contributed by atoms with Crippen molar-refractivity contribution < 1.29 is 8.78 Å². The van der Waals surface area contributed by atoms with Crippen molar-refractivity contribution in [2.75, 3.05) is 6.54 Å². The fraction of sp³-hybridized carbons (Fsp3) is 0.400. The lowest BCUT2D eigenvalue weighted by Crippen LogP contribution is -2.26. The fourth-order valence-electron chi connectivity index (χ4n) is 1.24. The van der Waals surface area contributed by atoms with Crippen molar-refractivity contribution in [1.82, 2.24) is 5.32 Å². The summed E-state index contributed by atoms with van der Waals surface area (Å²) in [6.45, 7) is 2.35. The van der Waals surface area contributed by atoms with Crippen LogP contribution < -0.4 is 5.32 Å². The van der Waals surface area contributed by atoms with Gasteiger partial charge < -0.3 is 5.32 Å². The minimum absolute atomic E-state index is 0.533. The maximum Gasteiger partial charge on any atom is 0.257 e. The van der Waals surface area contributed by atoms with E-state index in [2.05, 4.69) is 21.2 Å². The lowest BCUT2D eigenvalue weighted by Gasteiger charge is -2.17. The summed E-state index contributed by atoms with van der Waals surface area (Å²) in [7, 11) is 0. The molecular weight excluding hydrogens is 252 g/mol. The average molecular weight is 264 g/mol. The Morgan fingerprint density at radius 1 is 1.29 bits per heavy atom. The molecule has 1 N–H and O–H groups in total. The molecule has 0 heterocycles. The third kappa shape index (κ3) is 3.03. The van der Waals surface area contributed by atoms with Crippen LogP contribution in [0, 0.1) is 0 Å². The molecule has 1 atom stereocenters. The average Bonchev–Trinajstić information content (AvgIpc) is 2.15. The summed E-state index contributed by atoms with van der Waals surface area (Å²) in [5, 5.41) is 2.75. The van der Waals surface area contributed by atoms with Gasteiger partial charge in [0.1, 0.15) is 0 Å².